The largest absolute Gasteiger partial charge is 0.358 e. The minimum atomic E-state index is -0.186. The first-order chi connectivity index (χ1) is 9.56. The summed E-state index contributed by atoms with van der Waals surface area (Å²) in [6, 6.07) is 0. The van der Waals surface area contributed by atoms with Crippen molar-refractivity contribution >= 4 is 17.9 Å². The average Bonchev–Trinajstić information content (AvgIpc) is 2.45. The zero-order valence-electron chi connectivity index (χ0n) is 13.3. The number of allylic oxidation sites excluding steroid dienone is 2. The number of rotatable bonds is 3. The number of carbonyl (C=O) groups excluding carboxylic acids is 1. The van der Waals surface area contributed by atoms with Crippen LogP contribution in [0.2, 0.25) is 0 Å². The van der Waals surface area contributed by atoms with Crippen LogP contribution in [-0.2, 0) is 6.42 Å². The molecule has 0 bridgehead atoms. The minimum Gasteiger partial charge on any atom is -0.358 e. The maximum absolute atomic E-state index is 12.3. The fraction of sp³-hybridized carbons (Fsp3) is 0.412. The summed E-state index contributed by atoms with van der Waals surface area (Å²) in [5.41, 5.74) is 0.799. The fourth-order valence-electron chi connectivity index (χ4n) is 1.93. The third kappa shape index (κ3) is 4.05. The Morgan fingerprint density at radius 3 is 2.25 bits per heavy atom. The van der Waals surface area contributed by atoms with Crippen molar-refractivity contribution in [3.8, 4) is 0 Å². The smallest absolute Gasteiger partial charge is 0.200 e. The summed E-state index contributed by atoms with van der Waals surface area (Å²) >= 11 is 0. The summed E-state index contributed by atoms with van der Waals surface area (Å²) in [6.45, 7) is 11.1. The summed E-state index contributed by atoms with van der Waals surface area (Å²) in [4.78, 5) is 27.1. The van der Waals surface area contributed by atoms with Crippen LogP contribution in [0.15, 0.2) is 16.9 Å². The van der Waals surface area contributed by atoms with Gasteiger partial charge >= 0.3 is 0 Å². The Labute approximate surface area is 120 Å². The predicted octanol–water partition coefficient (Wildman–Crippen LogP) is 2.32. The van der Waals surface area contributed by atoms with Crippen LogP contribution in [0.3, 0.4) is 0 Å². The van der Waals surface area contributed by atoms with E-state index in [0.29, 0.717) is 17.3 Å². The van der Waals surface area contributed by atoms with E-state index in [-0.39, 0.29) is 16.8 Å². The highest BCUT2D eigenvalue weighted by molar-refractivity contribution is 5.95. The van der Waals surface area contributed by atoms with Crippen molar-refractivity contribution in [2.45, 2.75) is 48.0 Å². The molecule has 0 amide bonds. The Morgan fingerprint density at radius 2 is 1.85 bits per heavy atom. The second-order valence-electron chi connectivity index (χ2n) is 4.03. The van der Waals surface area contributed by atoms with Crippen molar-refractivity contribution in [1.29, 1.82) is 0 Å². The number of ketones is 1. The van der Waals surface area contributed by atoms with Gasteiger partial charge in [0, 0.05) is 16.3 Å². The zero-order chi connectivity index (χ0) is 15.7. The summed E-state index contributed by atoms with van der Waals surface area (Å²) in [6.07, 6.45) is 7.97. The Hall–Kier alpha value is -1.90. The molecule has 3 nitrogen and oxygen atoms in total. The molecule has 1 aromatic heterocycles. The normalized spacial score (nSPS) is 12.5. The molecule has 0 saturated carbocycles. The third-order valence-electron chi connectivity index (χ3n) is 2.80. The van der Waals surface area contributed by atoms with Crippen molar-refractivity contribution < 1.29 is 4.79 Å². The van der Waals surface area contributed by atoms with Crippen LogP contribution in [0, 0.1) is 0 Å². The van der Waals surface area contributed by atoms with Gasteiger partial charge in [-0.3, -0.25) is 9.59 Å². The molecule has 20 heavy (non-hydrogen) atoms. The Kier molecular flexibility index (Phi) is 8.21. The maximum Gasteiger partial charge on any atom is 0.200 e. The fourth-order valence-corrected chi connectivity index (χ4v) is 1.93. The van der Waals surface area contributed by atoms with Crippen LogP contribution in [0.25, 0.3) is 12.2 Å². The van der Waals surface area contributed by atoms with E-state index in [4.69, 9.17) is 0 Å². The number of hydrogen-bond donors (Lipinski definition) is 1. The molecular formula is C17H25NO2. The quantitative estimate of drug-likeness (QED) is 0.861. The number of carbonyl (C=O) groups is 1. The molecule has 1 N–H and O–H groups in total. The molecule has 0 aliphatic carbocycles. The number of nitrogens with one attached hydrogen (secondary N) is 1. The summed E-state index contributed by atoms with van der Waals surface area (Å²) in [5.74, 6) is -0.186. The molecule has 0 fully saturated rings. The van der Waals surface area contributed by atoms with Crippen LogP contribution in [0.5, 0.6) is 0 Å². The van der Waals surface area contributed by atoms with Gasteiger partial charge in [0.15, 0.2) is 11.2 Å². The molecule has 0 aromatic carbocycles. The lowest BCUT2D eigenvalue weighted by Crippen LogP contribution is -2.44. The molecule has 0 saturated heterocycles. The Balaban J connectivity index is 0.00000172. The van der Waals surface area contributed by atoms with Gasteiger partial charge < -0.3 is 4.98 Å². The minimum absolute atomic E-state index is 0.184. The van der Waals surface area contributed by atoms with Gasteiger partial charge in [-0.1, -0.05) is 39.0 Å². The van der Waals surface area contributed by atoms with Crippen LogP contribution in [0.4, 0.5) is 0 Å². The van der Waals surface area contributed by atoms with Gasteiger partial charge in [-0.05, 0) is 33.3 Å². The SMILES string of the molecule is CC.C\C=C/C=c1/[nH]c(CC)c(C(C)=O)c(=O)/c1=C/C. The third-order valence-corrected chi connectivity index (χ3v) is 2.80. The van der Waals surface area contributed by atoms with Crippen molar-refractivity contribution in [2.75, 3.05) is 0 Å². The van der Waals surface area contributed by atoms with E-state index in [1.165, 1.54) is 6.92 Å². The first kappa shape index (κ1) is 18.1. The second-order valence-corrected chi connectivity index (χ2v) is 4.03. The lowest BCUT2D eigenvalue weighted by Gasteiger charge is -2.04. The van der Waals surface area contributed by atoms with E-state index in [1.807, 2.05) is 45.9 Å². The van der Waals surface area contributed by atoms with Crippen molar-refractivity contribution in [3.63, 3.8) is 0 Å². The molecule has 1 rings (SSSR count). The topological polar surface area (TPSA) is 49.9 Å². The van der Waals surface area contributed by atoms with E-state index in [0.717, 1.165) is 5.35 Å². The molecule has 0 radical (unpaired) electrons. The summed E-state index contributed by atoms with van der Waals surface area (Å²) < 4.78 is 0. The van der Waals surface area contributed by atoms with Gasteiger partial charge in [-0.15, -0.1) is 0 Å². The Morgan fingerprint density at radius 1 is 1.25 bits per heavy atom. The highest BCUT2D eigenvalue weighted by Crippen LogP contribution is 1.98. The number of aromatic nitrogens is 1. The number of aryl methyl sites for hydroxylation is 1. The van der Waals surface area contributed by atoms with Crippen LogP contribution in [-0.4, -0.2) is 10.8 Å². The molecule has 0 aliphatic heterocycles. The highest BCUT2D eigenvalue weighted by atomic mass is 16.1. The van der Waals surface area contributed by atoms with Crippen LogP contribution < -0.4 is 16.0 Å². The van der Waals surface area contributed by atoms with Gasteiger partial charge in [0.2, 0.25) is 0 Å². The lowest BCUT2D eigenvalue weighted by molar-refractivity contribution is 0.101. The van der Waals surface area contributed by atoms with Gasteiger partial charge in [0.05, 0.1) is 5.56 Å². The maximum atomic E-state index is 12.3. The van der Waals surface area contributed by atoms with E-state index < -0.39 is 0 Å². The predicted molar refractivity (Wildman–Crippen MR) is 86.5 cm³/mol. The lowest BCUT2D eigenvalue weighted by atomic mass is 10.1. The van der Waals surface area contributed by atoms with Crippen LogP contribution in [0.1, 0.15) is 57.6 Å². The molecular weight excluding hydrogens is 250 g/mol. The van der Waals surface area contributed by atoms with E-state index in [1.54, 1.807) is 13.0 Å². The van der Waals surface area contributed by atoms with Gasteiger partial charge in [-0.25, -0.2) is 0 Å². The van der Waals surface area contributed by atoms with E-state index in [9.17, 15) is 9.59 Å². The molecule has 0 spiro atoms. The molecule has 1 aromatic rings. The number of pyridine rings is 1. The number of H-pyrrole nitrogens is 1. The number of hydrogen-bond acceptors (Lipinski definition) is 2. The first-order valence-corrected chi connectivity index (χ1v) is 7.12. The first-order valence-electron chi connectivity index (χ1n) is 7.12. The molecule has 0 aliphatic rings. The second kappa shape index (κ2) is 9.08. The number of Topliss-reactive ketones (excluding diaryl/α,β-unsaturated/α-hetero) is 1. The van der Waals surface area contributed by atoms with Crippen LogP contribution >= 0.6 is 0 Å². The summed E-state index contributed by atoms with van der Waals surface area (Å²) in [7, 11) is 0. The Bertz CT molecular complexity index is 649. The highest BCUT2D eigenvalue weighted by Gasteiger charge is 2.12. The molecule has 0 unspecified atom stereocenters. The van der Waals surface area contributed by atoms with E-state index >= 15 is 0 Å². The van der Waals surface area contributed by atoms with Gasteiger partial charge in [0.25, 0.3) is 0 Å². The monoisotopic (exact) mass is 275 g/mol. The molecule has 110 valence electrons. The summed E-state index contributed by atoms with van der Waals surface area (Å²) in [5, 5.41) is 1.30. The number of aromatic amines is 1. The van der Waals surface area contributed by atoms with Crippen molar-refractivity contribution in [2.24, 2.45) is 0 Å². The van der Waals surface area contributed by atoms with Gasteiger partial charge in [-0.2, -0.15) is 0 Å². The molecule has 3 heteroatoms. The standard InChI is InChI=1S/C15H19NO2.C2H6/c1-5-8-9-13-11(6-2)15(18)14(10(4)17)12(7-3)16-13;1-2/h5-6,8-9,16H,7H2,1-4H3;1-2H3/b8-5-,11-6+,13-9+;. The zero-order valence-corrected chi connectivity index (χ0v) is 13.3. The molecule has 1 heterocycles. The average molecular weight is 275 g/mol. The van der Waals surface area contributed by atoms with Gasteiger partial charge in [0.1, 0.15) is 0 Å². The molecule has 0 atom stereocenters. The van der Waals surface area contributed by atoms with E-state index in [2.05, 4.69) is 4.98 Å². The van der Waals surface area contributed by atoms with Crippen molar-refractivity contribution in [1.82, 2.24) is 4.98 Å². The van der Waals surface area contributed by atoms with Crippen molar-refractivity contribution in [3.05, 3.63) is 44.2 Å².